The summed E-state index contributed by atoms with van der Waals surface area (Å²) in [5.74, 6) is -0.391. The van der Waals surface area contributed by atoms with Gasteiger partial charge >= 0.3 is 0 Å². The SMILES string of the molecule is CCCCNS(=O)(=O)c1ccc(NC(=O)CCNS(=O)(=O)c2ccccc2)cc1. The Morgan fingerprint density at radius 1 is 0.793 bits per heavy atom. The molecule has 2 rings (SSSR count). The van der Waals surface area contributed by atoms with Gasteiger partial charge in [-0.15, -0.1) is 0 Å². The minimum absolute atomic E-state index is 0.0587. The van der Waals surface area contributed by atoms with Crippen molar-refractivity contribution in [3.8, 4) is 0 Å². The van der Waals surface area contributed by atoms with Crippen molar-refractivity contribution in [2.24, 2.45) is 0 Å². The molecule has 0 saturated heterocycles. The molecule has 0 fully saturated rings. The third-order valence-electron chi connectivity index (χ3n) is 3.97. The van der Waals surface area contributed by atoms with Crippen LogP contribution in [0.2, 0.25) is 0 Å². The molecule has 0 aliphatic rings. The highest BCUT2D eigenvalue weighted by atomic mass is 32.2. The van der Waals surface area contributed by atoms with Crippen molar-refractivity contribution in [2.75, 3.05) is 18.4 Å². The highest BCUT2D eigenvalue weighted by Gasteiger charge is 2.15. The van der Waals surface area contributed by atoms with E-state index < -0.39 is 26.0 Å². The van der Waals surface area contributed by atoms with Crippen LogP contribution in [0.5, 0.6) is 0 Å². The number of carbonyl (C=O) groups is 1. The lowest BCUT2D eigenvalue weighted by atomic mass is 10.3. The molecule has 29 heavy (non-hydrogen) atoms. The van der Waals surface area contributed by atoms with E-state index in [2.05, 4.69) is 14.8 Å². The van der Waals surface area contributed by atoms with Gasteiger partial charge in [-0.3, -0.25) is 4.79 Å². The second-order valence-corrected chi connectivity index (χ2v) is 9.82. The summed E-state index contributed by atoms with van der Waals surface area (Å²) in [6.07, 6.45) is 1.57. The summed E-state index contributed by atoms with van der Waals surface area (Å²) in [6.45, 7) is 2.28. The molecular weight excluding hydrogens is 414 g/mol. The van der Waals surface area contributed by atoms with Gasteiger partial charge < -0.3 is 5.32 Å². The lowest BCUT2D eigenvalue weighted by molar-refractivity contribution is -0.116. The second kappa shape index (κ2) is 10.5. The van der Waals surface area contributed by atoms with Gasteiger partial charge in [0.25, 0.3) is 0 Å². The maximum Gasteiger partial charge on any atom is 0.240 e. The molecule has 0 aliphatic carbocycles. The minimum atomic E-state index is -3.66. The fourth-order valence-corrected chi connectivity index (χ4v) is 4.52. The first-order chi connectivity index (χ1) is 13.7. The molecule has 0 bridgehead atoms. The summed E-state index contributed by atoms with van der Waals surface area (Å²) in [5.41, 5.74) is 0.424. The molecule has 0 aromatic heterocycles. The molecular formula is C19H25N3O5S2. The molecule has 0 saturated carbocycles. The number of amides is 1. The van der Waals surface area contributed by atoms with Crippen molar-refractivity contribution in [1.82, 2.24) is 9.44 Å². The fourth-order valence-electron chi connectivity index (χ4n) is 2.39. The third kappa shape index (κ3) is 7.24. The summed E-state index contributed by atoms with van der Waals surface area (Å²) in [4.78, 5) is 12.3. The Bertz CT molecular complexity index is 1010. The van der Waals surface area contributed by atoms with Gasteiger partial charge in [-0.1, -0.05) is 31.5 Å². The molecule has 0 spiro atoms. The zero-order valence-electron chi connectivity index (χ0n) is 16.1. The van der Waals surface area contributed by atoms with Gasteiger partial charge in [-0.2, -0.15) is 0 Å². The van der Waals surface area contributed by atoms with Gasteiger partial charge in [0.05, 0.1) is 9.79 Å². The Labute approximate surface area is 171 Å². The van der Waals surface area contributed by atoms with E-state index in [0.717, 1.165) is 12.8 Å². The Morgan fingerprint density at radius 2 is 1.34 bits per heavy atom. The molecule has 0 aliphatic heterocycles. The highest BCUT2D eigenvalue weighted by Crippen LogP contribution is 2.14. The lowest BCUT2D eigenvalue weighted by Gasteiger charge is -2.09. The van der Waals surface area contributed by atoms with Gasteiger partial charge in [0, 0.05) is 25.2 Å². The van der Waals surface area contributed by atoms with Crippen LogP contribution < -0.4 is 14.8 Å². The Morgan fingerprint density at radius 3 is 1.93 bits per heavy atom. The van der Waals surface area contributed by atoms with Crippen LogP contribution in [0.1, 0.15) is 26.2 Å². The van der Waals surface area contributed by atoms with Crippen LogP contribution in [0.4, 0.5) is 5.69 Å². The van der Waals surface area contributed by atoms with Crippen molar-refractivity contribution in [3.05, 3.63) is 54.6 Å². The van der Waals surface area contributed by atoms with Gasteiger partial charge in [0.15, 0.2) is 0 Å². The van der Waals surface area contributed by atoms with Gasteiger partial charge in [0.2, 0.25) is 26.0 Å². The van der Waals surface area contributed by atoms with E-state index in [1.165, 1.54) is 36.4 Å². The quantitative estimate of drug-likeness (QED) is 0.463. The van der Waals surface area contributed by atoms with E-state index in [9.17, 15) is 21.6 Å². The summed E-state index contributed by atoms with van der Waals surface area (Å²) in [6, 6.07) is 13.7. The van der Waals surface area contributed by atoms with Gasteiger partial charge in [0.1, 0.15) is 0 Å². The predicted octanol–water partition coefficient (Wildman–Crippen LogP) is 2.07. The third-order valence-corrected chi connectivity index (χ3v) is 6.92. The number of hydrogen-bond donors (Lipinski definition) is 3. The number of carbonyl (C=O) groups excluding carboxylic acids is 1. The van der Waals surface area contributed by atoms with Crippen LogP contribution in [0.15, 0.2) is 64.4 Å². The highest BCUT2D eigenvalue weighted by molar-refractivity contribution is 7.89. The fraction of sp³-hybridized carbons (Fsp3) is 0.316. The monoisotopic (exact) mass is 439 g/mol. The second-order valence-electron chi connectivity index (χ2n) is 6.28. The van der Waals surface area contributed by atoms with Crippen LogP contribution in [-0.4, -0.2) is 35.8 Å². The number of benzene rings is 2. The maximum absolute atomic E-state index is 12.1. The van der Waals surface area contributed by atoms with Crippen LogP contribution >= 0.6 is 0 Å². The van der Waals surface area contributed by atoms with Crippen molar-refractivity contribution in [1.29, 1.82) is 0 Å². The Kier molecular flexibility index (Phi) is 8.32. The molecule has 8 nitrogen and oxygen atoms in total. The van der Waals surface area contributed by atoms with Crippen LogP contribution in [0.25, 0.3) is 0 Å². The molecule has 2 aromatic carbocycles. The molecule has 1 amide bonds. The minimum Gasteiger partial charge on any atom is -0.326 e. The van der Waals surface area contributed by atoms with Crippen molar-refractivity contribution >= 4 is 31.6 Å². The smallest absolute Gasteiger partial charge is 0.240 e. The molecule has 158 valence electrons. The average molecular weight is 440 g/mol. The molecule has 0 heterocycles. The zero-order valence-corrected chi connectivity index (χ0v) is 17.7. The summed E-state index contributed by atoms with van der Waals surface area (Å²) < 4.78 is 53.3. The first-order valence-corrected chi connectivity index (χ1v) is 12.2. The summed E-state index contributed by atoms with van der Waals surface area (Å²) >= 11 is 0. The summed E-state index contributed by atoms with van der Waals surface area (Å²) in [5, 5.41) is 2.61. The van der Waals surface area contributed by atoms with E-state index in [4.69, 9.17) is 0 Å². The molecule has 3 N–H and O–H groups in total. The molecule has 0 radical (unpaired) electrons. The molecule has 10 heteroatoms. The maximum atomic E-state index is 12.1. The van der Waals surface area contributed by atoms with E-state index in [1.54, 1.807) is 18.2 Å². The number of unbranched alkanes of at least 4 members (excludes halogenated alkanes) is 1. The van der Waals surface area contributed by atoms with Gasteiger partial charge in [-0.25, -0.2) is 26.3 Å². The molecule has 0 unspecified atom stereocenters. The lowest BCUT2D eigenvalue weighted by Crippen LogP contribution is -2.27. The molecule has 2 aromatic rings. The van der Waals surface area contributed by atoms with E-state index in [-0.39, 0.29) is 22.8 Å². The van der Waals surface area contributed by atoms with Crippen LogP contribution in [0.3, 0.4) is 0 Å². The largest absolute Gasteiger partial charge is 0.326 e. The standard InChI is InChI=1S/C19H25N3O5S2/c1-2-3-14-20-29(26,27)18-11-9-16(10-12-18)22-19(23)13-15-21-28(24,25)17-7-5-4-6-8-17/h4-12,20-21H,2-3,13-15H2,1H3,(H,22,23). The van der Waals surface area contributed by atoms with E-state index >= 15 is 0 Å². The topological polar surface area (TPSA) is 121 Å². The Hall–Kier alpha value is -2.27. The number of sulfonamides is 2. The predicted molar refractivity (Wildman–Crippen MR) is 111 cm³/mol. The number of nitrogens with one attached hydrogen (secondary N) is 3. The number of hydrogen-bond acceptors (Lipinski definition) is 5. The van der Waals surface area contributed by atoms with Crippen molar-refractivity contribution in [2.45, 2.75) is 36.0 Å². The van der Waals surface area contributed by atoms with Crippen molar-refractivity contribution < 1.29 is 21.6 Å². The number of anilines is 1. The molecule has 0 atom stereocenters. The first kappa shape index (κ1) is 23.0. The zero-order chi connectivity index (χ0) is 21.3. The average Bonchev–Trinajstić information content (AvgIpc) is 2.69. The van der Waals surface area contributed by atoms with E-state index in [1.807, 2.05) is 6.92 Å². The van der Waals surface area contributed by atoms with Crippen LogP contribution in [0, 0.1) is 0 Å². The van der Waals surface area contributed by atoms with E-state index in [0.29, 0.717) is 12.2 Å². The van der Waals surface area contributed by atoms with Crippen LogP contribution in [-0.2, 0) is 24.8 Å². The Balaban J connectivity index is 1.85. The van der Waals surface area contributed by atoms with Crippen molar-refractivity contribution in [3.63, 3.8) is 0 Å². The number of rotatable bonds is 11. The first-order valence-electron chi connectivity index (χ1n) is 9.19. The normalized spacial score (nSPS) is 11.9. The summed E-state index contributed by atoms with van der Waals surface area (Å²) in [7, 11) is -7.24. The van der Waals surface area contributed by atoms with Gasteiger partial charge in [-0.05, 0) is 42.8 Å².